The number of H-pyrrole nitrogens is 1. The molecule has 3 aromatic carbocycles. The summed E-state index contributed by atoms with van der Waals surface area (Å²) in [6, 6.07) is 20.4. The first-order valence-corrected chi connectivity index (χ1v) is 17.0. The van der Waals surface area contributed by atoms with Gasteiger partial charge in [0.05, 0.1) is 38.5 Å². The van der Waals surface area contributed by atoms with Crippen LogP contribution in [0.1, 0.15) is 59.2 Å². The van der Waals surface area contributed by atoms with Gasteiger partial charge in [0.2, 0.25) is 11.7 Å². The highest BCUT2D eigenvalue weighted by molar-refractivity contribution is 5.95. The summed E-state index contributed by atoms with van der Waals surface area (Å²) in [6.45, 7) is 3.61. The number of hydrogen-bond donors (Lipinski definition) is 2. The minimum atomic E-state index is -0.292. The minimum absolute atomic E-state index is 0.0651. The van der Waals surface area contributed by atoms with Gasteiger partial charge in [0.25, 0.3) is 5.91 Å². The highest BCUT2D eigenvalue weighted by Crippen LogP contribution is 2.39. The molecule has 5 aromatic rings. The summed E-state index contributed by atoms with van der Waals surface area (Å²) in [7, 11) is 6.44. The van der Waals surface area contributed by atoms with E-state index in [-0.39, 0.29) is 29.8 Å². The van der Waals surface area contributed by atoms with Crippen LogP contribution in [0.2, 0.25) is 0 Å². The number of aromatic nitrogens is 3. The smallest absolute Gasteiger partial charge is 0.255 e. The van der Waals surface area contributed by atoms with Crippen molar-refractivity contribution in [2.24, 2.45) is 0 Å². The summed E-state index contributed by atoms with van der Waals surface area (Å²) < 4.78 is 30.6. The molecule has 3 heterocycles. The Kier molecular flexibility index (Phi) is 10.8. The number of anilines is 1. The number of carbonyl (C=O) groups is 1. The van der Waals surface area contributed by atoms with Crippen molar-refractivity contribution >= 4 is 22.9 Å². The fourth-order valence-electron chi connectivity index (χ4n) is 7.15. The Morgan fingerprint density at radius 3 is 2.36 bits per heavy atom. The number of benzene rings is 3. The molecule has 2 aromatic heterocycles. The summed E-state index contributed by atoms with van der Waals surface area (Å²) in [6.07, 6.45) is 6.58. The second-order valence-corrected chi connectivity index (χ2v) is 12.7. The molecule has 2 unspecified atom stereocenters. The number of piperidine rings is 1. The summed E-state index contributed by atoms with van der Waals surface area (Å²) in [5, 5.41) is 3.65. The number of ether oxygens (including phenoxy) is 3. The Hall–Kier alpha value is -5.16. The van der Waals surface area contributed by atoms with Crippen LogP contribution >= 0.6 is 0 Å². The molecule has 0 radical (unpaired) electrons. The zero-order valence-electron chi connectivity index (χ0n) is 29.3. The maximum atomic E-state index is 14.3. The lowest BCUT2D eigenvalue weighted by Gasteiger charge is -2.45. The van der Waals surface area contributed by atoms with E-state index in [0.717, 1.165) is 72.4 Å². The van der Waals surface area contributed by atoms with E-state index >= 15 is 0 Å². The molecule has 50 heavy (non-hydrogen) atoms. The van der Waals surface area contributed by atoms with E-state index in [2.05, 4.69) is 51.4 Å². The lowest BCUT2D eigenvalue weighted by Crippen LogP contribution is -2.55. The number of rotatable bonds is 13. The molecule has 6 rings (SSSR count). The Labute approximate surface area is 292 Å². The number of imidazole rings is 1. The predicted octanol–water partition coefficient (Wildman–Crippen LogP) is 6.88. The van der Waals surface area contributed by atoms with Gasteiger partial charge in [-0.1, -0.05) is 37.3 Å². The Morgan fingerprint density at radius 1 is 1.02 bits per heavy atom. The van der Waals surface area contributed by atoms with Crippen molar-refractivity contribution in [1.82, 2.24) is 24.8 Å². The number of hydrogen-bond acceptors (Lipinski definition) is 8. The number of para-hydroxylation sites is 1. The van der Waals surface area contributed by atoms with E-state index in [1.54, 1.807) is 23.2 Å². The van der Waals surface area contributed by atoms with Gasteiger partial charge in [0.1, 0.15) is 5.82 Å². The largest absolute Gasteiger partial charge is 0.493 e. The summed E-state index contributed by atoms with van der Waals surface area (Å²) in [5.41, 5.74) is 5.62. The van der Waals surface area contributed by atoms with Crippen molar-refractivity contribution in [3.05, 3.63) is 107 Å². The monoisotopic (exact) mass is 680 g/mol. The number of aromatic amines is 1. The van der Waals surface area contributed by atoms with Gasteiger partial charge in [0, 0.05) is 56.5 Å². The highest BCUT2D eigenvalue weighted by atomic mass is 19.1. The molecule has 11 heteroatoms. The number of nitrogens with one attached hydrogen (secondary N) is 2. The first kappa shape index (κ1) is 34.7. The normalized spacial score (nSPS) is 15.0. The van der Waals surface area contributed by atoms with Crippen LogP contribution in [-0.4, -0.2) is 84.3 Å². The molecule has 0 bridgehead atoms. The topological polar surface area (TPSA) is 105 Å². The number of methoxy groups -OCH3 is 3. The molecule has 2 N–H and O–H groups in total. The number of fused-ring (bicyclic) bond motifs is 1. The van der Waals surface area contributed by atoms with Crippen LogP contribution in [0.25, 0.3) is 11.0 Å². The quantitative estimate of drug-likeness (QED) is 0.139. The van der Waals surface area contributed by atoms with Gasteiger partial charge in [0.15, 0.2) is 11.5 Å². The predicted molar refractivity (Wildman–Crippen MR) is 193 cm³/mol. The zero-order chi connectivity index (χ0) is 35.2. The molecule has 1 aliphatic heterocycles. The van der Waals surface area contributed by atoms with E-state index in [0.29, 0.717) is 22.8 Å². The van der Waals surface area contributed by atoms with Crippen LogP contribution in [0.3, 0.4) is 0 Å². The minimum Gasteiger partial charge on any atom is -0.493 e. The van der Waals surface area contributed by atoms with Crippen LogP contribution in [0.4, 0.5) is 10.3 Å². The van der Waals surface area contributed by atoms with Gasteiger partial charge in [-0.15, -0.1) is 0 Å². The molecule has 1 amide bonds. The number of likely N-dealkylation sites (N-methyl/N-ethyl adjacent to an activating group) is 1. The van der Waals surface area contributed by atoms with Crippen molar-refractivity contribution in [2.75, 3.05) is 46.8 Å². The zero-order valence-corrected chi connectivity index (χ0v) is 29.3. The number of amides is 1. The van der Waals surface area contributed by atoms with Crippen molar-refractivity contribution in [1.29, 1.82) is 0 Å². The third-order valence-corrected chi connectivity index (χ3v) is 9.68. The van der Waals surface area contributed by atoms with Crippen LogP contribution in [0.5, 0.6) is 17.2 Å². The Balaban J connectivity index is 1.22. The van der Waals surface area contributed by atoms with Gasteiger partial charge in [-0.3, -0.25) is 14.7 Å². The molecule has 1 aliphatic rings. The van der Waals surface area contributed by atoms with Crippen LogP contribution in [0.15, 0.2) is 79.1 Å². The van der Waals surface area contributed by atoms with Gasteiger partial charge >= 0.3 is 0 Å². The molecule has 262 valence electrons. The molecule has 1 fully saturated rings. The van der Waals surface area contributed by atoms with E-state index in [9.17, 15) is 9.18 Å². The third kappa shape index (κ3) is 7.38. The number of halogens is 1. The first-order chi connectivity index (χ1) is 24.3. The lowest BCUT2D eigenvalue weighted by atomic mass is 9.90. The average molecular weight is 681 g/mol. The van der Waals surface area contributed by atoms with Gasteiger partial charge in [-0.05, 0) is 72.4 Å². The Bertz CT molecular complexity index is 1870. The second kappa shape index (κ2) is 15.6. The summed E-state index contributed by atoms with van der Waals surface area (Å²) >= 11 is 0. The van der Waals surface area contributed by atoms with Crippen molar-refractivity contribution in [3.8, 4) is 17.2 Å². The number of carbonyl (C=O) groups excluding carboxylic acids is 1. The van der Waals surface area contributed by atoms with E-state index in [1.165, 1.54) is 33.5 Å². The molecule has 10 nitrogen and oxygen atoms in total. The molecule has 1 saturated heterocycles. The lowest BCUT2D eigenvalue weighted by molar-refractivity contribution is 0.0200. The number of pyridine rings is 1. The third-order valence-electron chi connectivity index (χ3n) is 9.68. The summed E-state index contributed by atoms with van der Waals surface area (Å²) in [5.74, 6) is 1.46. The van der Waals surface area contributed by atoms with Crippen molar-refractivity contribution < 1.29 is 23.4 Å². The van der Waals surface area contributed by atoms with Crippen LogP contribution in [0, 0.1) is 5.82 Å². The van der Waals surface area contributed by atoms with Crippen LogP contribution < -0.4 is 19.5 Å². The SMILES string of the molecule is CCC(c1ccc(F)cc1)C(N1CCC(Nc2nc3c(Cc4cccnc4)cccc3[nH]2)CC1)N(C)C(=O)c1cc(OC)c(OC)c(OC)c1. The van der Waals surface area contributed by atoms with Gasteiger partial charge in [-0.2, -0.15) is 0 Å². The standard InChI is InChI=1S/C39H45FN6O4/c1-6-31(26-12-14-29(40)15-13-26)37(45(2)38(47)28-22-33(48-3)36(50-5)34(23-28)49-4)46-19-16-30(17-20-46)42-39-43-32-11-7-10-27(35(32)44-39)21-25-9-8-18-41-24-25/h7-15,18,22-24,30-31,37H,6,16-17,19-21H2,1-5H3,(H2,42,43,44). The molecular weight excluding hydrogens is 635 g/mol. The van der Waals surface area contributed by atoms with Crippen molar-refractivity contribution in [2.45, 2.75) is 50.7 Å². The van der Waals surface area contributed by atoms with Crippen LogP contribution in [-0.2, 0) is 6.42 Å². The molecular formula is C39H45FN6O4. The maximum Gasteiger partial charge on any atom is 0.255 e. The fourth-order valence-corrected chi connectivity index (χ4v) is 7.15. The number of nitrogens with zero attached hydrogens (tertiary/aromatic N) is 4. The van der Waals surface area contributed by atoms with Gasteiger partial charge < -0.3 is 29.4 Å². The van der Waals surface area contributed by atoms with Gasteiger partial charge in [-0.25, -0.2) is 9.37 Å². The maximum absolute atomic E-state index is 14.3. The molecule has 0 spiro atoms. The van der Waals surface area contributed by atoms with E-state index in [4.69, 9.17) is 19.2 Å². The number of likely N-dealkylation sites (tertiary alicyclic amines) is 1. The molecule has 2 atom stereocenters. The highest BCUT2D eigenvalue weighted by Gasteiger charge is 2.36. The molecule has 0 saturated carbocycles. The second-order valence-electron chi connectivity index (χ2n) is 12.7. The summed E-state index contributed by atoms with van der Waals surface area (Å²) in [4.78, 5) is 31.1. The Morgan fingerprint density at radius 2 is 1.74 bits per heavy atom. The van der Waals surface area contributed by atoms with Crippen molar-refractivity contribution in [3.63, 3.8) is 0 Å². The fraction of sp³-hybridized carbons (Fsp3) is 0.359. The molecule has 0 aliphatic carbocycles. The van der Waals surface area contributed by atoms with E-state index < -0.39 is 0 Å². The van der Waals surface area contributed by atoms with E-state index in [1.807, 2.05) is 31.4 Å². The first-order valence-electron chi connectivity index (χ1n) is 17.0. The average Bonchev–Trinajstić information content (AvgIpc) is 3.57.